The van der Waals surface area contributed by atoms with Crippen molar-refractivity contribution in [2.45, 2.75) is 236 Å². The standard InChI is InChI=1S/C68H120N6O24/c75-51-58(98-50-49-94-42-38-72-64(82)54-97-48-45-92-40-36-70-60(78)34-31-55(67(87)88)73-61(79)27-23-19-15-11-7-3-1-2-4-9-13-17-21-25-29-65(83)84)57(76)52-95-46-43-93-41-37-71-63(81)53-96-47-44-91-39-35-69-59(77)33-32-56(68(89)90)74-62(80)28-24-20-16-12-8-5-6-10-14-18-22-26-30-66(85)86/h51,55-56,58H,1-50,52-54H2,(H,69,77)(H,70,78)(H,71,81)(H,72,82)(H,73,79)(H,74,80)(H,83,84)(H,85,86)(H,87,88)(H,89,90). The summed E-state index contributed by atoms with van der Waals surface area (Å²) in [6.07, 6.45) is 26.5. The molecule has 0 saturated heterocycles. The second-order valence-electron chi connectivity index (χ2n) is 23.9. The Morgan fingerprint density at radius 3 is 0.847 bits per heavy atom. The van der Waals surface area contributed by atoms with Gasteiger partial charge in [0.05, 0.1) is 79.3 Å². The van der Waals surface area contributed by atoms with Gasteiger partial charge in [0.25, 0.3) is 0 Å². The van der Waals surface area contributed by atoms with E-state index in [1.165, 1.54) is 32.1 Å². The predicted octanol–water partition coefficient (Wildman–Crippen LogP) is 5.29. The molecule has 0 spiro atoms. The van der Waals surface area contributed by atoms with Crippen molar-refractivity contribution in [1.29, 1.82) is 0 Å². The first-order valence-corrected chi connectivity index (χ1v) is 35.6. The Balaban J connectivity index is 3.76. The molecule has 0 saturated carbocycles. The van der Waals surface area contributed by atoms with Crippen LogP contribution in [0.1, 0.15) is 218 Å². The molecule has 98 heavy (non-hydrogen) atoms. The third-order valence-electron chi connectivity index (χ3n) is 15.2. The number of Topliss-reactive ketones (excluding diaryl/α,β-unsaturated/α-hetero) is 1. The lowest BCUT2D eigenvalue weighted by molar-refractivity contribution is -0.142. The first kappa shape index (κ1) is 91.7. The number of ketones is 1. The smallest absolute Gasteiger partial charge is 0.326 e. The summed E-state index contributed by atoms with van der Waals surface area (Å²) in [5.74, 6) is -6.77. The normalized spacial score (nSPS) is 12.0. The summed E-state index contributed by atoms with van der Waals surface area (Å²) in [6.45, 7) is 0.968. The highest BCUT2D eigenvalue weighted by Crippen LogP contribution is 2.16. The number of hydrogen-bond acceptors (Lipinski definition) is 20. The lowest BCUT2D eigenvalue weighted by Gasteiger charge is -2.14. The van der Waals surface area contributed by atoms with Crippen LogP contribution in [0.5, 0.6) is 0 Å². The summed E-state index contributed by atoms with van der Waals surface area (Å²) in [5.41, 5.74) is 0. The zero-order chi connectivity index (χ0) is 72.2. The van der Waals surface area contributed by atoms with Gasteiger partial charge in [-0.3, -0.25) is 47.9 Å². The Morgan fingerprint density at radius 1 is 0.286 bits per heavy atom. The second kappa shape index (κ2) is 67.9. The van der Waals surface area contributed by atoms with Crippen LogP contribution in [0.2, 0.25) is 0 Å². The van der Waals surface area contributed by atoms with Gasteiger partial charge in [-0.15, -0.1) is 0 Å². The van der Waals surface area contributed by atoms with E-state index in [0.29, 0.717) is 19.1 Å². The molecule has 30 nitrogen and oxygen atoms in total. The van der Waals surface area contributed by atoms with Crippen LogP contribution in [0.15, 0.2) is 0 Å². The van der Waals surface area contributed by atoms with Crippen molar-refractivity contribution >= 4 is 71.4 Å². The Hall–Kier alpha value is -6.28. The Kier molecular flexibility index (Phi) is 63.5. The van der Waals surface area contributed by atoms with Crippen LogP contribution in [0.4, 0.5) is 0 Å². The van der Waals surface area contributed by atoms with Crippen molar-refractivity contribution in [1.82, 2.24) is 31.9 Å². The molecule has 0 bridgehead atoms. The van der Waals surface area contributed by atoms with Gasteiger partial charge in [-0.1, -0.05) is 141 Å². The van der Waals surface area contributed by atoms with Gasteiger partial charge in [0.1, 0.15) is 31.9 Å². The van der Waals surface area contributed by atoms with Crippen LogP contribution in [0.25, 0.3) is 0 Å². The van der Waals surface area contributed by atoms with E-state index in [4.69, 9.17) is 48.1 Å². The highest BCUT2D eigenvalue weighted by Gasteiger charge is 2.23. The van der Waals surface area contributed by atoms with Gasteiger partial charge in [0.15, 0.2) is 18.2 Å². The molecular formula is C68H120N6O24. The van der Waals surface area contributed by atoms with Gasteiger partial charge < -0.3 is 90.2 Å². The SMILES string of the molecule is O=CC(OCCOCCNC(=O)COCCOCCNC(=O)CCC(NC(=O)CCCCCCCCCCCCCCCCC(=O)O)C(=O)O)C(=O)COCCOCCNC(=O)COCCOCCNC(=O)CCC(NC(=O)CCCCCCCCCCCCCCC(=O)O)C(=O)O. The van der Waals surface area contributed by atoms with Crippen molar-refractivity contribution in [3.05, 3.63) is 0 Å². The molecule has 0 rings (SSSR count). The van der Waals surface area contributed by atoms with Gasteiger partial charge in [-0.05, 0) is 38.5 Å². The lowest BCUT2D eigenvalue weighted by Crippen LogP contribution is -2.41. The fraction of sp³-hybridized carbons (Fsp3) is 0.824. The van der Waals surface area contributed by atoms with Crippen LogP contribution in [-0.4, -0.2) is 235 Å². The third-order valence-corrected chi connectivity index (χ3v) is 15.2. The van der Waals surface area contributed by atoms with Crippen LogP contribution in [-0.2, 0) is 95.4 Å². The third kappa shape index (κ3) is 64.4. The molecule has 0 fully saturated rings. The number of carboxylic acid groups (broad SMARTS) is 4. The van der Waals surface area contributed by atoms with Crippen LogP contribution in [0, 0.1) is 0 Å². The number of amides is 6. The van der Waals surface area contributed by atoms with E-state index in [1.807, 2.05) is 0 Å². The van der Waals surface area contributed by atoms with E-state index >= 15 is 0 Å². The largest absolute Gasteiger partial charge is 0.481 e. The molecule has 0 aliphatic heterocycles. The number of nitrogens with one attached hydrogen (secondary N) is 6. The first-order valence-electron chi connectivity index (χ1n) is 35.6. The molecular weight excluding hydrogens is 1280 g/mol. The molecule has 3 atom stereocenters. The number of carbonyl (C=O) groups excluding carboxylic acids is 8. The summed E-state index contributed by atoms with van der Waals surface area (Å²) in [4.78, 5) is 142. The number of carboxylic acids is 4. The van der Waals surface area contributed by atoms with Crippen molar-refractivity contribution in [2.75, 3.05) is 125 Å². The van der Waals surface area contributed by atoms with Gasteiger partial charge in [-0.25, -0.2) is 9.59 Å². The molecule has 0 aromatic rings. The number of unbranched alkanes of at least 4 members (excludes halogenated alkanes) is 24. The topological polar surface area (TPSA) is 432 Å². The maximum atomic E-state index is 12.4. The maximum Gasteiger partial charge on any atom is 0.326 e. The van der Waals surface area contributed by atoms with Crippen molar-refractivity contribution in [2.24, 2.45) is 0 Å². The molecule has 30 heteroatoms. The summed E-state index contributed by atoms with van der Waals surface area (Å²) in [6, 6.07) is -2.35. The van der Waals surface area contributed by atoms with Crippen LogP contribution >= 0.6 is 0 Å². The highest BCUT2D eigenvalue weighted by molar-refractivity contribution is 5.97. The minimum atomic E-state index is -1.37. The summed E-state index contributed by atoms with van der Waals surface area (Å²) >= 11 is 0. The molecule has 10 N–H and O–H groups in total. The van der Waals surface area contributed by atoms with Gasteiger partial charge >= 0.3 is 23.9 Å². The fourth-order valence-corrected chi connectivity index (χ4v) is 9.73. The molecule has 566 valence electrons. The van der Waals surface area contributed by atoms with Gasteiger partial charge in [0.2, 0.25) is 35.4 Å². The quantitative estimate of drug-likeness (QED) is 0.0210. The molecule has 0 aromatic heterocycles. The van der Waals surface area contributed by atoms with Gasteiger partial charge in [0, 0.05) is 64.7 Å². The number of aliphatic carboxylic acids is 4. The predicted molar refractivity (Wildman–Crippen MR) is 360 cm³/mol. The number of hydrogen-bond donors (Lipinski definition) is 10. The Labute approximate surface area is 579 Å². The van der Waals surface area contributed by atoms with E-state index in [2.05, 4.69) is 31.9 Å². The van der Waals surface area contributed by atoms with E-state index < -0.39 is 60.4 Å². The zero-order valence-corrected chi connectivity index (χ0v) is 58.2. The van der Waals surface area contributed by atoms with Crippen LogP contribution < -0.4 is 31.9 Å². The Morgan fingerprint density at radius 2 is 0.551 bits per heavy atom. The number of carbonyl (C=O) groups is 12. The van der Waals surface area contributed by atoms with Gasteiger partial charge in [-0.2, -0.15) is 0 Å². The van der Waals surface area contributed by atoms with E-state index in [-0.39, 0.29) is 200 Å². The summed E-state index contributed by atoms with van der Waals surface area (Å²) < 4.78 is 42.7. The molecule has 0 radical (unpaired) electrons. The first-order chi connectivity index (χ1) is 47.4. The number of aldehydes is 1. The molecule has 0 heterocycles. The van der Waals surface area contributed by atoms with E-state index in [9.17, 15) is 67.7 Å². The molecule has 0 aliphatic carbocycles. The summed E-state index contributed by atoms with van der Waals surface area (Å²) in [7, 11) is 0. The second-order valence-corrected chi connectivity index (χ2v) is 23.9. The highest BCUT2D eigenvalue weighted by atomic mass is 16.5. The minimum absolute atomic E-state index is 0.0320. The monoisotopic (exact) mass is 1400 g/mol. The van der Waals surface area contributed by atoms with E-state index in [1.54, 1.807) is 0 Å². The van der Waals surface area contributed by atoms with Crippen molar-refractivity contribution in [3.8, 4) is 0 Å². The average Bonchev–Trinajstić information content (AvgIpc) is 1.23. The number of ether oxygens (including phenoxy) is 8. The molecule has 6 amide bonds. The minimum Gasteiger partial charge on any atom is -0.481 e. The zero-order valence-electron chi connectivity index (χ0n) is 58.2. The Bertz CT molecular complexity index is 2140. The lowest BCUT2D eigenvalue weighted by atomic mass is 10.0. The number of rotatable bonds is 75. The van der Waals surface area contributed by atoms with Crippen molar-refractivity contribution in [3.63, 3.8) is 0 Å². The van der Waals surface area contributed by atoms with Crippen LogP contribution in [0.3, 0.4) is 0 Å². The molecule has 0 aliphatic rings. The van der Waals surface area contributed by atoms with E-state index in [0.717, 1.165) is 122 Å². The summed E-state index contributed by atoms with van der Waals surface area (Å²) in [5, 5.41) is 52.0. The average molecular weight is 1410 g/mol. The maximum absolute atomic E-state index is 12.4. The molecule has 0 aromatic carbocycles. The molecule has 3 unspecified atom stereocenters. The fourth-order valence-electron chi connectivity index (χ4n) is 9.73. The van der Waals surface area contributed by atoms with Crippen molar-refractivity contribution < 1.29 is 116 Å².